The summed E-state index contributed by atoms with van der Waals surface area (Å²) in [4.78, 5) is 8.88. The number of aryl methyl sites for hydroxylation is 1. The smallest absolute Gasteiger partial charge is 0.143 e. The molecule has 0 spiro atoms. The van der Waals surface area contributed by atoms with Crippen molar-refractivity contribution in [1.29, 1.82) is 0 Å². The van der Waals surface area contributed by atoms with Crippen molar-refractivity contribution in [3.8, 4) is 5.75 Å². The molecule has 1 aromatic heterocycles. The summed E-state index contributed by atoms with van der Waals surface area (Å²) in [5, 5.41) is 0. The quantitative estimate of drug-likeness (QED) is 0.618. The average Bonchev–Trinajstić information content (AvgIpc) is 2.81. The Hall–Kier alpha value is -2.14. The second-order valence-corrected chi connectivity index (χ2v) is 4.30. The number of para-hydroxylation sites is 1. The van der Waals surface area contributed by atoms with Crippen molar-refractivity contribution in [2.45, 2.75) is 12.8 Å². The van der Waals surface area contributed by atoms with Crippen molar-refractivity contribution in [3.63, 3.8) is 0 Å². The number of hydrogen-bond donors (Lipinski definition) is 2. The zero-order chi connectivity index (χ0) is 12.5. The van der Waals surface area contributed by atoms with Gasteiger partial charge in [0.25, 0.3) is 0 Å². The SMILES string of the molecule is Cc1cc(NN)nc(C2COc3ccccc32)n1. The zero-order valence-electron chi connectivity index (χ0n) is 10.1. The van der Waals surface area contributed by atoms with Crippen molar-refractivity contribution < 1.29 is 4.74 Å². The van der Waals surface area contributed by atoms with Crippen LogP contribution in [0.2, 0.25) is 0 Å². The Kier molecular flexibility index (Phi) is 2.60. The number of fused-ring (bicyclic) bond motifs is 1. The topological polar surface area (TPSA) is 73.1 Å². The van der Waals surface area contributed by atoms with Crippen LogP contribution in [0.25, 0.3) is 0 Å². The molecule has 1 aliphatic rings. The van der Waals surface area contributed by atoms with Crippen molar-refractivity contribution in [2.24, 2.45) is 5.84 Å². The first-order valence-corrected chi connectivity index (χ1v) is 5.82. The van der Waals surface area contributed by atoms with Crippen molar-refractivity contribution in [2.75, 3.05) is 12.0 Å². The minimum atomic E-state index is 0.0770. The van der Waals surface area contributed by atoms with Gasteiger partial charge in [-0.1, -0.05) is 18.2 Å². The number of ether oxygens (including phenoxy) is 1. The molecule has 2 aromatic rings. The normalized spacial score (nSPS) is 17.1. The number of nitrogens with zero attached hydrogens (tertiary/aromatic N) is 2. The van der Waals surface area contributed by atoms with Gasteiger partial charge in [-0.2, -0.15) is 0 Å². The monoisotopic (exact) mass is 242 g/mol. The fraction of sp³-hybridized carbons (Fsp3) is 0.231. The molecule has 1 aromatic carbocycles. The molecule has 0 saturated carbocycles. The van der Waals surface area contributed by atoms with E-state index in [-0.39, 0.29) is 5.92 Å². The Morgan fingerprint density at radius 2 is 2.17 bits per heavy atom. The predicted molar refractivity (Wildman–Crippen MR) is 68.4 cm³/mol. The number of hydrogen-bond acceptors (Lipinski definition) is 5. The summed E-state index contributed by atoms with van der Waals surface area (Å²) < 4.78 is 5.65. The number of anilines is 1. The fourth-order valence-electron chi connectivity index (χ4n) is 2.20. The van der Waals surface area contributed by atoms with E-state index in [1.807, 2.05) is 37.3 Å². The van der Waals surface area contributed by atoms with Crippen molar-refractivity contribution in [3.05, 3.63) is 47.4 Å². The molecular formula is C13H14N4O. The number of benzene rings is 1. The third kappa shape index (κ3) is 1.78. The first-order chi connectivity index (χ1) is 8.78. The second-order valence-electron chi connectivity index (χ2n) is 4.30. The van der Waals surface area contributed by atoms with E-state index in [1.165, 1.54) is 0 Å². The summed E-state index contributed by atoms with van der Waals surface area (Å²) in [6, 6.07) is 9.79. The molecule has 0 amide bonds. The zero-order valence-corrected chi connectivity index (χ0v) is 10.1. The van der Waals surface area contributed by atoms with Crippen LogP contribution in [0.1, 0.15) is 23.0 Å². The molecule has 1 unspecified atom stereocenters. The highest BCUT2D eigenvalue weighted by atomic mass is 16.5. The van der Waals surface area contributed by atoms with Crippen LogP contribution in [0.15, 0.2) is 30.3 Å². The Labute approximate surface area is 105 Å². The van der Waals surface area contributed by atoms with E-state index < -0.39 is 0 Å². The second kappa shape index (κ2) is 4.27. The van der Waals surface area contributed by atoms with Gasteiger partial charge in [-0.25, -0.2) is 15.8 Å². The predicted octanol–water partition coefficient (Wildman–Crippen LogP) is 1.59. The van der Waals surface area contributed by atoms with E-state index in [9.17, 15) is 0 Å². The molecule has 0 radical (unpaired) electrons. The van der Waals surface area contributed by atoms with Crippen LogP contribution in [0.3, 0.4) is 0 Å². The number of nitrogen functional groups attached to an aromatic ring is 1. The lowest BCUT2D eigenvalue weighted by molar-refractivity contribution is 0.339. The van der Waals surface area contributed by atoms with Crippen LogP contribution in [0.4, 0.5) is 5.82 Å². The Morgan fingerprint density at radius 3 is 3.00 bits per heavy atom. The van der Waals surface area contributed by atoms with Gasteiger partial charge >= 0.3 is 0 Å². The fourth-order valence-corrected chi connectivity index (χ4v) is 2.20. The van der Waals surface area contributed by atoms with E-state index in [0.29, 0.717) is 12.4 Å². The first kappa shape index (κ1) is 11.0. The van der Waals surface area contributed by atoms with Crippen LogP contribution in [0.5, 0.6) is 5.75 Å². The number of rotatable bonds is 2. The van der Waals surface area contributed by atoms with Gasteiger partial charge in [-0.05, 0) is 13.0 Å². The number of hydrazine groups is 1. The molecule has 0 aliphatic carbocycles. The van der Waals surface area contributed by atoms with E-state index in [1.54, 1.807) is 0 Å². The molecule has 3 N–H and O–H groups in total. The van der Waals surface area contributed by atoms with E-state index in [2.05, 4.69) is 15.4 Å². The summed E-state index contributed by atoms with van der Waals surface area (Å²) in [5.74, 6) is 7.77. The third-order valence-corrected chi connectivity index (χ3v) is 3.03. The van der Waals surface area contributed by atoms with Crippen LogP contribution in [-0.4, -0.2) is 16.6 Å². The van der Waals surface area contributed by atoms with Gasteiger partial charge in [0, 0.05) is 17.3 Å². The summed E-state index contributed by atoms with van der Waals surface area (Å²) >= 11 is 0. The van der Waals surface area contributed by atoms with Crippen LogP contribution in [0, 0.1) is 6.92 Å². The largest absolute Gasteiger partial charge is 0.492 e. The van der Waals surface area contributed by atoms with E-state index >= 15 is 0 Å². The van der Waals surface area contributed by atoms with Gasteiger partial charge in [-0.3, -0.25) is 0 Å². The molecule has 1 atom stereocenters. The highest BCUT2D eigenvalue weighted by Crippen LogP contribution is 2.36. The van der Waals surface area contributed by atoms with Gasteiger partial charge in [0.05, 0.1) is 5.92 Å². The molecule has 18 heavy (non-hydrogen) atoms. The molecule has 5 nitrogen and oxygen atoms in total. The third-order valence-electron chi connectivity index (χ3n) is 3.03. The van der Waals surface area contributed by atoms with Crippen molar-refractivity contribution >= 4 is 5.82 Å². The Balaban J connectivity index is 2.04. The van der Waals surface area contributed by atoms with Crippen molar-refractivity contribution in [1.82, 2.24) is 9.97 Å². The van der Waals surface area contributed by atoms with Gasteiger partial charge in [0.2, 0.25) is 0 Å². The number of nitrogens with one attached hydrogen (secondary N) is 1. The molecule has 0 fully saturated rings. The lowest BCUT2D eigenvalue weighted by Crippen LogP contribution is -2.14. The standard InChI is InChI=1S/C13H14N4O/c1-8-6-12(17-14)16-13(15-8)10-7-18-11-5-3-2-4-9(10)11/h2-6,10H,7,14H2,1H3,(H,15,16,17). The summed E-state index contributed by atoms with van der Waals surface area (Å²) in [7, 11) is 0. The van der Waals surface area contributed by atoms with Gasteiger partial charge in [-0.15, -0.1) is 0 Å². The molecular weight excluding hydrogens is 228 g/mol. The Bertz CT molecular complexity index is 585. The van der Waals surface area contributed by atoms with Crippen LogP contribution in [-0.2, 0) is 0 Å². The maximum Gasteiger partial charge on any atom is 0.143 e. The van der Waals surface area contributed by atoms with E-state index in [4.69, 9.17) is 10.6 Å². The summed E-state index contributed by atoms with van der Waals surface area (Å²) in [6.45, 7) is 2.50. The molecule has 92 valence electrons. The molecule has 5 heteroatoms. The highest BCUT2D eigenvalue weighted by molar-refractivity contribution is 5.44. The van der Waals surface area contributed by atoms with Gasteiger partial charge < -0.3 is 10.2 Å². The lowest BCUT2D eigenvalue weighted by atomic mass is 10.0. The molecule has 0 saturated heterocycles. The molecule has 0 bridgehead atoms. The average molecular weight is 242 g/mol. The maximum atomic E-state index is 5.65. The first-order valence-electron chi connectivity index (χ1n) is 5.82. The van der Waals surface area contributed by atoms with E-state index in [0.717, 1.165) is 22.8 Å². The lowest BCUT2D eigenvalue weighted by Gasteiger charge is -2.10. The molecule has 1 aliphatic heterocycles. The number of aromatic nitrogens is 2. The van der Waals surface area contributed by atoms with Gasteiger partial charge in [0.15, 0.2) is 0 Å². The minimum absolute atomic E-state index is 0.0770. The Morgan fingerprint density at radius 1 is 1.33 bits per heavy atom. The van der Waals surface area contributed by atoms with Crippen LogP contribution >= 0.6 is 0 Å². The highest BCUT2D eigenvalue weighted by Gasteiger charge is 2.27. The number of nitrogens with two attached hydrogens (primary N) is 1. The molecule has 3 rings (SSSR count). The summed E-state index contributed by atoms with van der Waals surface area (Å²) in [5.41, 5.74) is 4.58. The maximum absolute atomic E-state index is 5.65. The van der Waals surface area contributed by atoms with Gasteiger partial charge in [0.1, 0.15) is 24.0 Å². The minimum Gasteiger partial charge on any atom is -0.492 e. The summed E-state index contributed by atoms with van der Waals surface area (Å²) in [6.07, 6.45) is 0. The van der Waals surface area contributed by atoms with Crippen LogP contribution < -0.4 is 16.0 Å². The molecule has 2 heterocycles.